The Morgan fingerprint density at radius 3 is 2.68 bits per heavy atom. The molecule has 0 amide bonds. The Kier molecular flexibility index (Phi) is 8.61. The number of nitrogens with zero attached hydrogens (tertiary/aromatic N) is 4. The van der Waals surface area contributed by atoms with Crippen molar-refractivity contribution in [3.05, 3.63) is 18.0 Å². The molecule has 0 spiro atoms. The van der Waals surface area contributed by atoms with Crippen LogP contribution in [0.3, 0.4) is 0 Å². The van der Waals surface area contributed by atoms with Gasteiger partial charge in [-0.05, 0) is 6.92 Å². The van der Waals surface area contributed by atoms with Gasteiger partial charge in [0.1, 0.15) is 12.8 Å². The van der Waals surface area contributed by atoms with Crippen molar-refractivity contribution in [1.82, 2.24) is 20.3 Å². The largest absolute Gasteiger partial charge is 0.364 e. The van der Waals surface area contributed by atoms with Gasteiger partial charge >= 0.3 is 0 Å². The minimum atomic E-state index is -2.41. The van der Waals surface area contributed by atoms with Crippen LogP contribution in [0.25, 0.3) is 0 Å². The number of halogens is 3. The molecule has 1 fully saturated rings. The molecule has 0 bridgehead atoms. The highest BCUT2D eigenvalue weighted by Gasteiger charge is 2.20. The maximum atomic E-state index is 12.3. The predicted octanol–water partition coefficient (Wildman–Crippen LogP) is 1.64. The predicted molar refractivity (Wildman–Crippen MR) is 90.8 cm³/mol. The van der Waals surface area contributed by atoms with E-state index in [4.69, 9.17) is 4.52 Å². The lowest BCUT2D eigenvalue weighted by Gasteiger charge is -2.36. The van der Waals surface area contributed by atoms with Crippen LogP contribution in [-0.2, 0) is 6.54 Å². The number of rotatable bonds is 5. The van der Waals surface area contributed by atoms with Crippen LogP contribution in [-0.4, -0.2) is 66.6 Å². The summed E-state index contributed by atoms with van der Waals surface area (Å²) < 4.78 is 29.4. The second-order valence-corrected chi connectivity index (χ2v) is 4.84. The molecule has 126 valence electrons. The van der Waals surface area contributed by atoms with Gasteiger partial charge in [0, 0.05) is 45.3 Å². The summed E-state index contributed by atoms with van der Waals surface area (Å²) in [7, 11) is 0. The number of piperazine rings is 1. The topological polar surface area (TPSA) is 56.9 Å². The number of guanidine groups is 1. The summed E-state index contributed by atoms with van der Waals surface area (Å²) in [6.45, 7) is 6.08. The van der Waals surface area contributed by atoms with Gasteiger partial charge in [-0.1, -0.05) is 5.16 Å². The third-order valence-corrected chi connectivity index (χ3v) is 3.26. The molecule has 1 aliphatic heterocycles. The number of aliphatic imine (C=N–C) groups is 1. The Labute approximate surface area is 145 Å². The monoisotopic (exact) mass is 429 g/mol. The summed E-state index contributed by atoms with van der Waals surface area (Å²) in [5.41, 5.74) is 0.904. The SMILES string of the molecule is CCNC(=NCC(F)F)N1CCN(Cc2ccon2)CC1.I. The minimum Gasteiger partial charge on any atom is -0.364 e. The molecule has 2 heterocycles. The molecule has 1 aliphatic rings. The van der Waals surface area contributed by atoms with Gasteiger partial charge in [0.05, 0.1) is 5.69 Å². The molecule has 0 atom stereocenters. The lowest BCUT2D eigenvalue weighted by Crippen LogP contribution is -2.52. The zero-order valence-corrected chi connectivity index (χ0v) is 14.9. The number of alkyl halides is 2. The number of hydrogen-bond donors (Lipinski definition) is 1. The van der Waals surface area contributed by atoms with E-state index in [1.807, 2.05) is 17.9 Å². The van der Waals surface area contributed by atoms with Crippen LogP contribution in [0, 0.1) is 0 Å². The van der Waals surface area contributed by atoms with Crippen molar-refractivity contribution >= 4 is 29.9 Å². The fraction of sp³-hybridized carbons (Fsp3) is 0.692. The first-order valence-corrected chi connectivity index (χ1v) is 7.12. The van der Waals surface area contributed by atoms with E-state index in [1.165, 1.54) is 0 Å². The Balaban J connectivity index is 0.00000242. The molecule has 6 nitrogen and oxygen atoms in total. The van der Waals surface area contributed by atoms with E-state index in [-0.39, 0.29) is 24.0 Å². The molecule has 1 N–H and O–H groups in total. The van der Waals surface area contributed by atoms with Gasteiger partial charge in [0.15, 0.2) is 5.96 Å². The van der Waals surface area contributed by atoms with Crippen molar-refractivity contribution in [1.29, 1.82) is 0 Å². The van der Waals surface area contributed by atoms with Gasteiger partial charge in [0.25, 0.3) is 6.43 Å². The minimum absolute atomic E-state index is 0. The smallest absolute Gasteiger partial charge is 0.257 e. The van der Waals surface area contributed by atoms with Gasteiger partial charge in [0.2, 0.25) is 0 Å². The molecule has 1 saturated heterocycles. The van der Waals surface area contributed by atoms with Crippen molar-refractivity contribution in [3.8, 4) is 0 Å². The molecule has 0 aliphatic carbocycles. The molecule has 0 radical (unpaired) electrons. The van der Waals surface area contributed by atoms with Gasteiger partial charge in [-0.15, -0.1) is 24.0 Å². The standard InChI is InChI=1S/C13H21F2N5O.HI/c1-2-16-13(17-9-12(14)15)20-6-4-19(5-7-20)10-11-3-8-21-18-11;/h3,8,12H,2,4-7,9-10H2,1H3,(H,16,17);1H. The third kappa shape index (κ3) is 6.03. The van der Waals surface area contributed by atoms with E-state index >= 15 is 0 Å². The summed E-state index contributed by atoms with van der Waals surface area (Å²) in [6, 6.07) is 1.85. The summed E-state index contributed by atoms with van der Waals surface area (Å²) in [6.07, 6.45) is -0.849. The second-order valence-electron chi connectivity index (χ2n) is 4.84. The Morgan fingerprint density at radius 2 is 2.14 bits per heavy atom. The Hall–Kier alpha value is -0.970. The first-order valence-electron chi connectivity index (χ1n) is 7.12. The van der Waals surface area contributed by atoms with E-state index in [2.05, 4.69) is 20.4 Å². The van der Waals surface area contributed by atoms with Crippen molar-refractivity contribution in [2.24, 2.45) is 4.99 Å². The van der Waals surface area contributed by atoms with Crippen molar-refractivity contribution < 1.29 is 13.3 Å². The lowest BCUT2D eigenvalue weighted by molar-refractivity contribution is 0.154. The quantitative estimate of drug-likeness (QED) is 0.438. The van der Waals surface area contributed by atoms with Crippen LogP contribution in [0.15, 0.2) is 21.8 Å². The third-order valence-electron chi connectivity index (χ3n) is 3.26. The number of hydrogen-bond acceptors (Lipinski definition) is 4. The molecule has 0 saturated carbocycles. The van der Waals surface area contributed by atoms with Gasteiger partial charge < -0.3 is 14.7 Å². The van der Waals surface area contributed by atoms with E-state index in [0.29, 0.717) is 12.5 Å². The van der Waals surface area contributed by atoms with Gasteiger partial charge in [-0.3, -0.25) is 4.90 Å². The molecule has 2 rings (SSSR count). The van der Waals surface area contributed by atoms with Crippen LogP contribution < -0.4 is 5.32 Å². The molecular formula is C13H22F2IN5O. The molecular weight excluding hydrogens is 407 g/mol. The highest BCUT2D eigenvalue weighted by Crippen LogP contribution is 2.07. The molecule has 1 aromatic heterocycles. The van der Waals surface area contributed by atoms with Crippen molar-refractivity contribution in [3.63, 3.8) is 0 Å². The van der Waals surface area contributed by atoms with Crippen LogP contribution in [0.5, 0.6) is 0 Å². The van der Waals surface area contributed by atoms with Gasteiger partial charge in [-0.25, -0.2) is 13.8 Å². The van der Waals surface area contributed by atoms with Crippen molar-refractivity contribution in [2.45, 2.75) is 19.9 Å². The van der Waals surface area contributed by atoms with E-state index in [1.54, 1.807) is 6.26 Å². The van der Waals surface area contributed by atoms with Gasteiger partial charge in [-0.2, -0.15) is 0 Å². The molecule has 1 aromatic rings. The molecule has 22 heavy (non-hydrogen) atoms. The molecule has 0 aromatic carbocycles. The molecule has 0 unspecified atom stereocenters. The summed E-state index contributed by atoms with van der Waals surface area (Å²) >= 11 is 0. The lowest BCUT2D eigenvalue weighted by atomic mass is 10.3. The van der Waals surface area contributed by atoms with Crippen LogP contribution in [0.1, 0.15) is 12.6 Å². The fourth-order valence-corrected chi connectivity index (χ4v) is 2.25. The first-order chi connectivity index (χ1) is 10.2. The van der Waals surface area contributed by atoms with E-state index in [0.717, 1.165) is 38.4 Å². The van der Waals surface area contributed by atoms with Crippen molar-refractivity contribution in [2.75, 3.05) is 39.3 Å². The van der Waals surface area contributed by atoms with Crippen LogP contribution in [0.4, 0.5) is 8.78 Å². The zero-order chi connectivity index (χ0) is 15.1. The summed E-state index contributed by atoms with van der Waals surface area (Å²) in [5, 5.41) is 6.96. The highest BCUT2D eigenvalue weighted by atomic mass is 127. The maximum absolute atomic E-state index is 12.3. The average molecular weight is 429 g/mol. The van der Waals surface area contributed by atoms with E-state index in [9.17, 15) is 8.78 Å². The average Bonchev–Trinajstić information content (AvgIpc) is 2.97. The van der Waals surface area contributed by atoms with Crippen LogP contribution >= 0.6 is 24.0 Å². The summed E-state index contributed by atoms with van der Waals surface area (Å²) in [5.74, 6) is 0.568. The van der Waals surface area contributed by atoms with Crippen LogP contribution in [0.2, 0.25) is 0 Å². The summed E-state index contributed by atoms with van der Waals surface area (Å²) in [4.78, 5) is 8.25. The van der Waals surface area contributed by atoms with E-state index < -0.39 is 13.0 Å². The first kappa shape index (κ1) is 19.1. The second kappa shape index (κ2) is 9.93. The fourth-order valence-electron chi connectivity index (χ4n) is 2.25. The molecule has 9 heteroatoms. The Bertz CT molecular complexity index is 436. The maximum Gasteiger partial charge on any atom is 0.257 e. The normalized spacial score (nSPS) is 16.7. The number of nitrogens with one attached hydrogen (secondary N) is 1. The zero-order valence-electron chi connectivity index (χ0n) is 12.5. The Morgan fingerprint density at radius 1 is 1.41 bits per heavy atom. The highest BCUT2D eigenvalue weighted by molar-refractivity contribution is 14.0. The number of aromatic nitrogens is 1.